The molecule has 4 atom stereocenters. The van der Waals surface area contributed by atoms with Gasteiger partial charge in [0.2, 0.25) is 23.6 Å². The number of nitrogens with one attached hydrogen (secondary N) is 4. The molecule has 0 aliphatic heterocycles. The number of carbonyl (C=O) groups excluding carboxylic acids is 4. The number of rotatable bonds is 13. The molecule has 2 fully saturated rings. The van der Waals surface area contributed by atoms with Gasteiger partial charge in [-0.15, -0.1) is 0 Å². The number of amides is 4. The van der Waals surface area contributed by atoms with Crippen molar-refractivity contribution < 1.29 is 19.2 Å². The molecule has 238 valence electrons. The van der Waals surface area contributed by atoms with Gasteiger partial charge in [-0.05, 0) is 73.6 Å². The van der Waals surface area contributed by atoms with Crippen molar-refractivity contribution in [1.82, 2.24) is 10.6 Å². The Morgan fingerprint density at radius 2 is 0.909 bits per heavy atom. The number of hydrogen-bond donors (Lipinski definition) is 4. The lowest BCUT2D eigenvalue weighted by molar-refractivity contribution is -0.125. The standard InChI is InChI=1S/C36H50N4O4/c1-25-11-3-7-15-29(25)37-33(41)21-23-35(43)39-31-17-9-5-13-27(31)19-20-28-14-6-10-18-32(28)40-36(44)24-22-34(42)38-30-16-8-4-12-26(30)2/h5-6,9-10,13-14,17-18,25-26,29-30H,3-4,7-8,11-12,15-16,19-24H2,1-2H3,(H,37,41)(H,38,42)(H,39,43)(H,40,44). The Morgan fingerprint density at radius 3 is 1.32 bits per heavy atom. The highest BCUT2D eigenvalue weighted by molar-refractivity contribution is 5.94. The second kappa shape index (κ2) is 17.0. The van der Waals surface area contributed by atoms with Gasteiger partial charge in [0.15, 0.2) is 0 Å². The van der Waals surface area contributed by atoms with E-state index >= 15 is 0 Å². The molecule has 4 unspecified atom stereocenters. The van der Waals surface area contributed by atoms with Crippen LogP contribution >= 0.6 is 0 Å². The van der Waals surface area contributed by atoms with Gasteiger partial charge < -0.3 is 21.3 Å². The van der Waals surface area contributed by atoms with Crippen molar-refractivity contribution in [3.8, 4) is 0 Å². The van der Waals surface area contributed by atoms with Gasteiger partial charge in [-0.2, -0.15) is 0 Å². The van der Waals surface area contributed by atoms with Crippen LogP contribution in [0.4, 0.5) is 11.4 Å². The van der Waals surface area contributed by atoms with Crippen molar-refractivity contribution >= 4 is 35.0 Å². The first kappa shape index (κ1) is 33.2. The minimum absolute atomic E-state index is 0.0645. The predicted octanol–water partition coefficient (Wildman–Crippen LogP) is 6.30. The maximum atomic E-state index is 12.7. The predicted molar refractivity (Wildman–Crippen MR) is 175 cm³/mol. The minimum Gasteiger partial charge on any atom is -0.353 e. The quantitative estimate of drug-likeness (QED) is 0.215. The fourth-order valence-electron chi connectivity index (χ4n) is 6.49. The Balaban J connectivity index is 1.24. The highest BCUT2D eigenvalue weighted by Crippen LogP contribution is 2.25. The number of anilines is 2. The van der Waals surface area contributed by atoms with E-state index in [1.165, 1.54) is 12.8 Å². The molecule has 0 saturated heterocycles. The topological polar surface area (TPSA) is 116 Å². The molecule has 8 heteroatoms. The monoisotopic (exact) mass is 602 g/mol. The van der Waals surface area contributed by atoms with Crippen molar-refractivity contribution in [3.63, 3.8) is 0 Å². The van der Waals surface area contributed by atoms with Gasteiger partial charge in [0.1, 0.15) is 0 Å². The summed E-state index contributed by atoms with van der Waals surface area (Å²) in [6, 6.07) is 15.8. The lowest BCUT2D eigenvalue weighted by Crippen LogP contribution is -2.41. The van der Waals surface area contributed by atoms with Crippen LogP contribution < -0.4 is 21.3 Å². The second-order valence-electron chi connectivity index (χ2n) is 12.8. The highest BCUT2D eigenvalue weighted by Gasteiger charge is 2.24. The first-order valence-corrected chi connectivity index (χ1v) is 16.6. The smallest absolute Gasteiger partial charge is 0.224 e. The van der Waals surface area contributed by atoms with Crippen molar-refractivity contribution in [2.75, 3.05) is 10.6 Å². The summed E-state index contributed by atoms with van der Waals surface area (Å²) < 4.78 is 0. The lowest BCUT2D eigenvalue weighted by Gasteiger charge is -2.29. The summed E-state index contributed by atoms with van der Waals surface area (Å²) in [5.41, 5.74) is 3.43. The van der Waals surface area contributed by atoms with Gasteiger partial charge in [-0.25, -0.2) is 0 Å². The summed E-state index contributed by atoms with van der Waals surface area (Å²) in [5, 5.41) is 12.2. The van der Waals surface area contributed by atoms with Gasteiger partial charge in [0.05, 0.1) is 0 Å². The third-order valence-corrected chi connectivity index (χ3v) is 9.32. The molecule has 0 spiro atoms. The second-order valence-corrected chi connectivity index (χ2v) is 12.8. The fourth-order valence-corrected chi connectivity index (χ4v) is 6.49. The molecule has 0 bridgehead atoms. The largest absolute Gasteiger partial charge is 0.353 e. The van der Waals surface area contributed by atoms with Gasteiger partial charge >= 0.3 is 0 Å². The fraction of sp³-hybridized carbons (Fsp3) is 0.556. The molecule has 0 radical (unpaired) electrons. The SMILES string of the molecule is CC1CCCCC1NC(=O)CCC(=O)Nc1ccccc1CCc1ccccc1NC(=O)CCC(=O)NC1CCCCC1C. The normalized spacial score (nSPS) is 21.6. The number of benzene rings is 2. The van der Waals surface area contributed by atoms with Crippen LogP contribution in [0.3, 0.4) is 0 Å². The average Bonchev–Trinajstić information content (AvgIpc) is 3.01. The van der Waals surface area contributed by atoms with Crippen LogP contribution in [0.1, 0.15) is 102 Å². The van der Waals surface area contributed by atoms with Crippen LogP contribution in [-0.4, -0.2) is 35.7 Å². The van der Waals surface area contributed by atoms with Crippen molar-refractivity contribution in [2.45, 2.75) is 116 Å². The van der Waals surface area contributed by atoms with Gasteiger partial charge in [-0.1, -0.05) is 75.9 Å². The number of hydrogen-bond acceptors (Lipinski definition) is 4. The molecule has 2 aliphatic carbocycles. The number of carbonyl (C=O) groups is 4. The van der Waals surface area contributed by atoms with Gasteiger partial charge in [0, 0.05) is 49.1 Å². The Hall–Kier alpha value is -3.68. The molecule has 0 heterocycles. The van der Waals surface area contributed by atoms with Crippen molar-refractivity contribution in [3.05, 3.63) is 59.7 Å². The van der Waals surface area contributed by atoms with Gasteiger partial charge in [-0.3, -0.25) is 19.2 Å². The van der Waals surface area contributed by atoms with E-state index in [0.717, 1.165) is 61.0 Å². The summed E-state index contributed by atoms with van der Waals surface area (Å²) >= 11 is 0. The van der Waals surface area contributed by atoms with Crippen LogP contribution in [0.2, 0.25) is 0 Å². The number of para-hydroxylation sites is 2. The Labute approximate surface area is 262 Å². The Morgan fingerprint density at radius 1 is 0.545 bits per heavy atom. The van der Waals surface area contributed by atoms with E-state index in [-0.39, 0.29) is 61.4 Å². The Bertz CT molecular complexity index is 1180. The molecule has 2 aliphatic rings. The molecule has 2 saturated carbocycles. The molecular formula is C36H50N4O4. The summed E-state index contributed by atoms with van der Waals surface area (Å²) in [6.45, 7) is 4.36. The highest BCUT2D eigenvalue weighted by atomic mass is 16.2. The van der Waals surface area contributed by atoms with Crippen LogP contribution in [0.25, 0.3) is 0 Å². The average molecular weight is 603 g/mol. The molecule has 8 nitrogen and oxygen atoms in total. The van der Waals surface area contributed by atoms with E-state index in [9.17, 15) is 19.2 Å². The zero-order valence-electron chi connectivity index (χ0n) is 26.5. The van der Waals surface area contributed by atoms with Crippen molar-refractivity contribution in [1.29, 1.82) is 0 Å². The molecule has 2 aromatic carbocycles. The molecule has 4 N–H and O–H groups in total. The molecule has 44 heavy (non-hydrogen) atoms. The first-order chi connectivity index (χ1) is 21.3. The minimum atomic E-state index is -0.182. The van der Waals surface area contributed by atoms with E-state index in [2.05, 4.69) is 35.1 Å². The maximum Gasteiger partial charge on any atom is 0.224 e. The van der Waals surface area contributed by atoms with E-state index in [1.807, 2.05) is 48.5 Å². The number of aryl methyl sites for hydroxylation is 2. The lowest BCUT2D eigenvalue weighted by atomic mass is 9.86. The summed E-state index contributed by atoms with van der Waals surface area (Å²) in [7, 11) is 0. The third kappa shape index (κ3) is 10.5. The molecule has 0 aromatic heterocycles. The summed E-state index contributed by atoms with van der Waals surface area (Å²) in [6.07, 6.45) is 10.9. The maximum absolute atomic E-state index is 12.7. The molecule has 4 rings (SSSR count). The van der Waals surface area contributed by atoms with E-state index < -0.39 is 0 Å². The molecule has 4 amide bonds. The van der Waals surface area contributed by atoms with Crippen LogP contribution in [0.15, 0.2) is 48.5 Å². The summed E-state index contributed by atoms with van der Waals surface area (Å²) in [4.78, 5) is 50.4. The van der Waals surface area contributed by atoms with E-state index in [1.54, 1.807) is 0 Å². The first-order valence-electron chi connectivity index (χ1n) is 16.6. The molecular weight excluding hydrogens is 552 g/mol. The van der Waals surface area contributed by atoms with E-state index in [4.69, 9.17) is 0 Å². The van der Waals surface area contributed by atoms with Gasteiger partial charge in [0.25, 0.3) is 0 Å². The third-order valence-electron chi connectivity index (χ3n) is 9.32. The zero-order valence-corrected chi connectivity index (χ0v) is 26.5. The van der Waals surface area contributed by atoms with Crippen LogP contribution in [0, 0.1) is 11.8 Å². The molecule has 2 aromatic rings. The van der Waals surface area contributed by atoms with Crippen LogP contribution in [-0.2, 0) is 32.0 Å². The van der Waals surface area contributed by atoms with E-state index in [0.29, 0.717) is 24.7 Å². The van der Waals surface area contributed by atoms with Crippen molar-refractivity contribution in [2.24, 2.45) is 11.8 Å². The zero-order chi connectivity index (χ0) is 31.3. The Kier molecular flexibility index (Phi) is 12.8. The summed E-state index contributed by atoms with van der Waals surface area (Å²) in [5.74, 6) is 0.468. The van der Waals surface area contributed by atoms with Crippen LogP contribution in [0.5, 0.6) is 0 Å².